The Morgan fingerprint density at radius 1 is 0.688 bits per heavy atom. The van der Waals surface area contributed by atoms with Gasteiger partial charge in [0, 0.05) is 42.3 Å². The van der Waals surface area contributed by atoms with Gasteiger partial charge in [-0.05, 0) is 64.4 Å². The van der Waals surface area contributed by atoms with Crippen LogP contribution in [0.15, 0.2) is 132 Å². The molecule has 0 amide bonds. The van der Waals surface area contributed by atoms with Crippen LogP contribution >= 0.6 is 0 Å². The van der Waals surface area contributed by atoms with Gasteiger partial charge in [0.15, 0.2) is 5.65 Å². The molecular weight excluding hydrogens is 1020 g/mol. The molecule has 7 heteroatoms. The Morgan fingerprint density at radius 2 is 1.36 bits per heavy atom. The predicted molar refractivity (Wildman–Crippen MR) is 268 cm³/mol. The maximum absolute atomic E-state index is 8.44. The number of aromatic nitrogens is 4. The van der Waals surface area contributed by atoms with Crippen molar-refractivity contribution in [3.63, 3.8) is 0 Å². The van der Waals surface area contributed by atoms with E-state index in [2.05, 4.69) is 166 Å². The van der Waals surface area contributed by atoms with E-state index in [-0.39, 0.29) is 37.4 Å². The number of pyridine rings is 2. The fourth-order valence-electron chi connectivity index (χ4n) is 8.39. The molecule has 0 fully saturated rings. The summed E-state index contributed by atoms with van der Waals surface area (Å²) in [6, 6.07) is 48.6. The summed E-state index contributed by atoms with van der Waals surface area (Å²) in [4.78, 5) is 15.2. The second-order valence-corrected chi connectivity index (χ2v) is 30.1. The Kier molecular flexibility index (Phi) is 13.3. The maximum Gasteiger partial charge on any atom is 0 e. The molecular formula is C57H60GeIrN4O-2. The van der Waals surface area contributed by atoms with Gasteiger partial charge >= 0.3 is 120 Å². The van der Waals surface area contributed by atoms with Crippen LogP contribution in [0, 0.1) is 12.1 Å². The van der Waals surface area contributed by atoms with Crippen LogP contribution in [0.5, 0.6) is 0 Å². The molecule has 0 aliphatic rings. The minimum Gasteiger partial charge on any atom is 0 e. The molecule has 0 unspecified atom stereocenters. The summed E-state index contributed by atoms with van der Waals surface area (Å²) in [6.07, 6.45) is 2.00. The third kappa shape index (κ3) is 9.34. The van der Waals surface area contributed by atoms with Gasteiger partial charge in [-0.2, -0.15) is 0 Å². The third-order valence-corrected chi connectivity index (χ3v) is 16.0. The molecule has 0 aliphatic heterocycles. The fourth-order valence-corrected chi connectivity index (χ4v) is 11.7. The van der Waals surface area contributed by atoms with Crippen LogP contribution in [0.4, 0.5) is 0 Å². The smallest absolute Gasteiger partial charge is 0 e. The second kappa shape index (κ2) is 18.8. The van der Waals surface area contributed by atoms with Crippen LogP contribution in [0.25, 0.3) is 72.6 Å². The molecule has 0 N–H and O–H groups in total. The van der Waals surface area contributed by atoms with E-state index in [1.54, 1.807) is 0 Å². The number of fused-ring (bicyclic) bond motifs is 4. The van der Waals surface area contributed by atoms with Gasteiger partial charge in [-0.25, -0.2) is 4.98 Å². The van der Waals surface area contributed by atoms with E-state index in [9.17, 15) is 0 Å². The zero-order chi connectivity index (χ0) is 45.7. The summed E-state index contributed by atoms with van der Waals surface area (Å²) >= 11 is -2.03. The number of nitrogens with zero attached hydrogens (tertiary/aromatic N) is 4. The van der Waals surface area contributed by atoms with Crippen molar-refractivity contribution >= 4 is 50.8 Å². The number of imidazole rings is 1. The van der Waals surface area contributed by atoms with Crippen molar-refractivity contribution < 1.29 is 25.9 Å². The van der Waals surface area contributed by atoms with E-state index >= 15 is 0 Å². The molecule has 4 aromatic heterocycles. The van der Waals surface area contributed by atoms with Gasteiger partial charge in [0.05, 0.1) is 16.9 Å². The maximum atomic E-state index is 8.44. The average Bonchev–Trinajstić information content (AvgIpc) is 3.84. The number of furan rings is 1. The van der Waals surface area contributed by atoms with E-state index in [0.717, 1.165) is 72.7 Å². The summed E-state index contributed by atoms with van der Waals surface area (Å²) in [6.45, 7) is 19.6. The van der Waals surface area contributed by atoms with Gasteiger partial charge in [-0.3, -0.25) is 4.98 Å². The van der Waals surface area contributed by atoms with Crippen molar-refractivity contribution in [3.05, 3.63) is 162 Å². The van der Waals surface area contributed by atoms with Gasteiger partial charge in [0.2, 0.25) is 0 Å². The number of rotatable bonds is 8. The molecule has 0 saturated heterocycles. The number of hydrogen-bond acceptors (Lipinski definition) is 4. The van der Waals surface area contributed by atoms with Crippen LogP contribution in [0.2, 0.25) is 17.3 Å². The fraction of sp³-hybridized carbons (Fsp3) is 0.281. The predicted octanol–water partition coefficient (Wildman–Crippen LogP) is 15.2. The molecule has 329 valence electrons. The van der Waals surface area contributed by atoms with Crippen molar-refractivity contribution in [2.75, 3.05) is 0 Å². The molecule has 64 heavy (non-hydrogen) atoms. The molecule has 4 heterocycles. The van der Waals surface area contributed by atoms with Crippen LogP contribution in [-0.4, -0.2) is 32.8 Å². The zero-order valence-corrected chi connectivity index (χ0v) is 43.8. The summed E-state index contributed by atoms with van der Waals surface area (Å²) in [7, 11) is 0. The zero-order valence-electron chi connectivity index (χ0n) is 40.3. The summed E-state index contributed by atoms with van der Waals surface area (Å²) in [5, 5.41) is 2.15. The van der Waals surface area contributed by atoms with Crippen LogP contribution < -0.4 is 4.40 Å². The first kappa shape index (κ1) is 45.4. The van der Waals surface area contributed by atoms with Crippen LogP contribution in [0.3, 0.4) is 0 Å². The van der Waals surface area contributed by atoms with Crippen molar-refractivity contribution in [1.82, 2.24) is 19.5 Å². The van der Waals surface area contributed by atoms with E-state index in [1.807, 2.05) is 62.5 Å². The largest absolute Gasteiger partial charge is 0 e. The van der Waals surface area contributed by atoms with E-state index in [1.165, 1.54) is 26.6 Å². The first-order valence-electron chi connectivity index (χ1n) is 22.7. The number of hydrogen-bond donors (Lipinski definition) is 0. The van der Waals surface area contributed by atoms with Crippen LogP contribution in [-0.2, 0) is 25.5 Å². The first-order valence-corrected chi connectivity index (χ1v) is 29.6. The number of benzene rings is 5. The average molecular weight is 1080 g/mol. The Morgan fingerprint density at radius 3 is 1.98 bits per heavy atom. The molecule has 5 nitrogen and oxygen atoms in total. The molecule has 9 aromatic rings. The van der Waals surface area contributed by atoms with Crippen molar-refractivity contribution in [3.8, 4) is 39.5 Å². The van der Waals surface area contributed by atoms with E-state index in [0.29, 0.717) is 0 Å². The second-order valence-electron chi connectivity index (χ2n) is 19.6. The quantitative estimate of drug-likeness (QED) is 0.112. The number of para-hydroxylation sites is 1. The minimum absolute atomic E-state index is 0. The molecule has 0 spiro atoms. The van der Waals surface area contributed by atoms with Gasteiger partial charge in [-0.15, -0.1) is 18.2 Å². The van der Waals surface area contributed by atoms with Crippen molar-refractivity contribution in [2.45, 2.75) is 103 Å². The SMILES string of the molecule is CC(C)c1cc(-c2ccccc2)cc(C(C)C)c1-n1c(-c2[c-]ccc3c2oc2ccccc23)nc2ccc(C(C)(C)C)nc21.[2H]C(C)(C)c1cc(-c2[c-]cccc2)nc[c]1[Ge]([CH3])([CH3])[CH3].[Ir]. The standard InChI is InChI=1S/C40H38N3O.C17H22GeN.Ir/c1-24(2)31-22-27(26-14-9-8-10-15-26)23-32(25(3)4)36(31)43-38(41-33-20-21-35(40(5,6)7)42-39(33)43)30-18-13-17-29-28-16-11-12-19-34(28)44-37(29)30;1-13(2)15-11-17(14-9-7-6-8-10-14)19-12-16(15)18(3,4)5;/h8-17,19-25H,1-7H3;6-9,11-13H,1-5H3;/q2*-1;/i;13D;. The van der Waals surface area contributed by atoms with Gasteiger partial charge < -0.3 is 8.98 Å². The molecule has 1 radical (unpaired) electrons. The molecule has 0 bridgehead atoms. The minimum atomic E-state index is -2.03. The van der Waals surface area contributed by atoms with Gasteiger partial charge in [0.25, 0.3) is 0 Å². The van der Waals surface area contributed by atoms with Gasteiger partial charge in [-0.1, -0.05) is 108 Å². The Bertz CT molecular complexity index is 3090. The topological polar surface area (TPSA) is 56.7 Å². The molecule has 9 rings (SSSR count). The first-order chi connectivity index (χ1) is 30.3. The van der Waals surface area contributed by atoms with E-state index in [4.69, 9.17) is 15.8 Å². The summed E-state index contributed by atoms with van der Waals surface area (Å²) < 4.78 is 18.6. The summed E-state index contributed by atoms with van der Waals surface area (Å²) in [5.74, 6) is 7.75. The molecule has 0 atom stereocenters. The molecule has 0 aliphatic carbocycles. The Hall–Kier alpha value is -5.14. The molecule has 0 saturated carbocycles. The molecule has 5 aromatic carbocycles. The van der Waals surface area contributed by atoms with E-state index < -0.39 is 19.2 Å². The monoisotopic (exact) mass is 1080 g/mol. The Labute approximate surface area is 397 Å². The third-order valence-electron chi connectivity index (χ3n) is 11.8. The van der Waals surface area contributed by atoms with Crippen LogP contribution in [0.1, 0.15) is 104 Å². The van der Waals surface area contributed by atoms with Crippen molar-refractivity contribution in [1.29, 1.82) is 0 Å². The Balaban J connectivity index is 0.000000253. The summed E-state index contributed by atoms with van der Waals surface area (Å²) in [5.41, 5.74) is 14.2. The van der Waals surface area contributed by atoms with Gasteiger partial charge in [0.1, 0.15) is 5.58 Å². The normalized spacial score (nSPS) is 12.4. The van der Waals surface area contributed by atoms with Crippen molar-refractivity contribution in [2.24, 2.45) is 0 Å².